The number of rotatable bonds is 7. The van der Waals surface area contributed by atoms with Crippen LogP contribution in [0.3, 0.4) is 0 Å². The largest absolute Gasteiger partial charge is 0.493 e. The van der Waals surface area contributed by atoms with Crippen LogP contribution in [0.1, 0.15) is 4.88 Å². The third kappa shape index (κ3) is 4.95. The molecule has 1 fully saturated rings. The maximum Gasteiger partial charge on any atom is 0.244 e. The minimum atomic E-state index is -0.0517. The first kappa shape index (κ1) is 21.1. The molecule has 0 saturated carbocycles. The molecule has 0 bridgehead atoms. The molecule has 0 spiro atoms. The van der Waals surface area contributed by atoms with Gasteiger partial charge in [-0.2, -0.15) is 0 Å². The van der Waals surface area contributed by atoms with E-state index in [1.165, 1.54) is 0 Å². The monoisotopic (exact) mass is 462 g/mol. The van der Waals surface area contributed by atoms with Gasteiger partial charge >= 0.3 is 0 Å². The fourth-order valence-corrected chi connectivity index (χ4v) is 5.23. The van der Waals surface area contributed by atoms with E-state index in [0.717, 1.165) is 52.9 Å². The van der Waals surface area contributed by atoms with Gasteiger partial charge in [-0.05, 0) is 29.7 Å². The Morgan fingerprint density at radius 1 is 1.30 bits per heavy atom. The highest BCUT2D eigenvalue weighted by Gasteiger charge is 2.21. The number of fused-ring (bicyclic) bond motifs is 1. The van der Waals surface area contributed by atoms with Gasteiger partial charge in [-0.1, -0.05) is 29.0 Å². The van der Waals surface area contributed by atoms with Crippen molar-refractivity contribution in [2.24, 2.45) is 0 Å². The molecule has 3 heterocycles. The zero-order valence-electron chi connectivity index (χ0n) is 16.6. The van der Waals surface area contributed by atoms with E-state index in [9.17, 15) is 4.79 Å². The number of halogens is 1. The van der Waals surface area contributed by atoms with Crippen LogP contribution >= 0.6 is 34.3 Å². The predicted molar refractivity (Wildman–Crippen MR) is 126 cm³/mol. The zero-order chi connectivity index (χ0) is 20.9. The van der Waals surface area contributed by atoms with Gasteiger partial charge in [0.25, 0.3) is 0 Å². The van der Waals surface area contributed by atoms with Crippen LogP contribution in [0.25, 0.3) is 16.3 Å². The van der Waals surface area contributed by atoms with Crippen LogP contribution in [0, 0.1) is 0 Å². The normalized spacial score (nSPS) is 15.2. The first-order valence-electron chi connectivity index (χ1n) is 9.74. The molecule has 0 atom stereocenters. The Kier molecular flexibility index (Phi) is 6.89. The second-order valence-electron chi connectivity index (χ2n) is 6.89. The summed E-state index contributed by atoms with van der Waals surface area (Å²) in [5.74, 6) is 0.586. The molecule has 6 nitrogen and oxygen atoms in total. The number of methoxy groups -OCH3 is 1. The second kappa shape index (κ2) is 9.78. The Bertz CT molecular complexity index is 1030. The summed E-state index contributed by atoms with van der Waals surface area (Å²) in [5.41, 5.74) is 0.825. The van der Waals surface area contributed by atoms with Gasteiger partial charge in [0.2, 0.25) is 5.91 Å². The van der Waals surface area contributed by atoms with E-state index < -0.39 is 0 Å². The van der Waals surface area contributed by atoms with Crippen molar-refractivity contribution in [3.63, 3.8) is 0 Å². The molecule has 2 aromatic heterocycles. The van der Waals surface area contributed by atoms with Gasteiger partial charge < -0.3 is 15.0 Å². The summed E-state index contributed by atoms with van der Waals surface area (Å²) < 4.78 is 6.50. The molecule has 1 aliphatic rings. The van der Waals surface area contributed by atoms with Crippen LogP contribution in [0.15, 0.2) is 35.7 Å². The lowest BCUT2D eigenvalue weighted by Crippen LogP contribution is -2.48. The fourth-order valence-electron chi connectivity index (χ4n) is 3.37. The van der Waals surface area contributed by atoms with Crippen LogP contribution in [0.2, 0.25) is 5.02 Å². The molecule has 1 N–H and O–H groups in total. The lowest BCUT2D eigenvalue weighted by Gasteiger charge is -2.34. The Balaban J connectivity index is 1.25. The number of aromatic nitrogens is 1. The van der Waals surface area contributed by atoms with Gasteiger partial charge in [0.05, 0.1) is 16.8 Å². The van der Waals surface area contributed by atoms with Crippen molar-refractivity contribution < 1.29 is 9.53 Å². The number of nitrogens with one attached hydrogen (secondary N) is 1. The Labute approximate surface area is 188 Å². The zero-order valence-corrected chi connectivity index (χ0v) is 19.0. The van der Waals surface area contributed by atoms with E-state index in [-0.39, 0.29) is 5.91 Å². The van der Waals surface area contributed by atoms with Gasteiger partial charge in [-0.25, -0.2) is 4.98 Å². The van der Waals surface area contributed by atoms with Crippen molar-refractivity contribution in [3.05, 3.63) is 45.6 Å². The highest BCUT2D eigenvalue weighted by molar-refractivity contribution is 7.22. The minimum Gasteiger partial charge on any atom is -0.493 e. The number of amides is 1. The summed E-state index contributed by atoms with van der Waals surface area (Å²) in [6.45, 7) is 5.17. The summed E-state index contributed by atoms with van der Waals surface area (Å²) >= 11 is 9.50. The highest BCUT2D eigenvalue weighted by Crippen LogP contribution is 2.38. The number of carbonyl (C=O) groups excluding carboxylic acids is 1. The number of hydrogen-bond donors (Lipinski definition) is 1. The number of thiazole rings is 1. The topological polar surface area (TPSA) is 57.7 Å². The quantitative estimate of drug-likeness (QED) is 0.538. The van der Waals surface area contributed by atoms with E-state index in [1.54, 1.807) is 35.9 Å². The van der Waals surface area contributed by atoms with Crippen molar-refractivity contribution in [2.75, 3.05) is 51.3 Å². The van der Waals surface area contributed by atoms with Gasteiger partial charge in [0.1, 0.15) is 5.52 Å². The van der Waals surface area contributed by atoms with Crippen molar-refractivity contribution in [1.29, 1.82) is 0 Å². The van der Waals surface area contributed by atoms with Crippen LogP contribution in [0.4, 0.5) is 5.13 Å². The van der Waals surface area contributed by atoms with Crippen molar-refractivity contribution in [1.82, 2.24) is 15.2 Å². The number of ether oxygens (including phenoxy) is 1. The van der Waals surface area contributed by atoms with Crippen LogP contribution in [0.5, 0.6) is 5.75 Å². The van der Waals surface area contributed by atoms with Crippen molar-refractivity contribution >= 4 is 61.6 Å². The molecular weight excluding hydrogens is 440 g/mol. The van der Waals surface area contributed by atoms with Crippen LogP contribution in [-0.2, 0) is 4.79 Å². The summed E-state index contributed by atoms with van der Waals surface area (Å²) in [7, 11) is 1.62. The Morgan fingerprint density at radius 2 is 2.13 bits per heavy atom. The summed E-state index contributed by atoms with van der Waals surface area (Å²) in [6, 6.07) is 7.81. The molecule has 1 aliphatic heterocycles. The summed E-state index contributed by atoms with van der Waals surface area (Å²) in [5, 5.41) is 6.53. The molecule has 1 aromatic carbocycles. The maximum atomic E-state index is 11.9. The van der Waals surface area contributed by atoms with E-state index in [2.05, 4.69) is 15.1 Å². The van der Waals surface area contributed by atoms with E-state index in [1.807, 2.05) is 35.7 Å². The third-order valence-electron chi connectivity index (χ3n) is 4.97. The molecule has 3 aromatic rings. The van der Waals surface area contributed by atoms with Crippen LogP contribution in [-0.4, -0.2) is 62.2 Å². The maximum absolute atomic E-state index is 11.9. The number of benzene rings is 1. The average molecular weight is 463 g/mol. The third-order valence-corrected chi connectivity index (χ3v) is 7.19. The summed E-state index contributed by atoms with van der Waals surface area (Å²) in [4.78, 5) is 22.5. The number of anilines is 1. The summed E-state index contributed by atoms with van der Waals surface area (Å²) in [6.07, 6.45) is 3.44. The lowest BCUT2D eigenvalue weighted by molar-refractivity contribution is -0.116. The molecule has 0 aliphatic carbocycles. The lowest BCUT2D eigenvalue weighted by atomic mass is 10.3. The number of piperazine rings is 1. The Morgan fingerprint density at radius 3 is 2.87 bits per heavy atom. The van der Waals surface area contributed by atoms with Gasteiger partial charge in [-0.15, -0.1) is 11.3 Å². The number of thiophene rings is 1. The van der Waals surface area contributed by atoms with E-state index in [0.29, 0.717) is 17.3 Å². The van der Waals surface area contributed by atoms with Gasteiger partial charge in [0.15, 0.2) is 10.9 Å². The number of nitrogens with zero attached hydrogens (tertiary/aromatic N) is 3. The second-order valence-corrected chi connectivity index (χ2v) is 9.29. The standard InChI is InChI=1S/C21H23ClN4O2S2/c1-28-20-16(22)5-6-17-19(20)24-21(30-17)26-12-10-25(11-13-26)9-8-23-18(27)7-4-15-3-2-14-29-15/h2-7,14H,8-13H2,1H3,(H,23,27)/b7-4+. The van der Waals surface area contributed by atoms with Gasteiger partial charge in [0, 0.05) is 50.2 Å². The SMILES string of the molecule is COc1c(Cl)ccc2sc(N3CCN(CCNC(=O)/C=C/c4cccs4)CC3)nc12. The van der Waals surface area contributed by atoms with E-state index in [4.69, 9.17) is 21.3 Å². The molecule has 1 amide bonds. The average Bonchev–Trinajstić information content (AvgIpc) is 3.42. The first-order valence-corrected chi connectivity index (χ1v) is 11.8. The minimum absolute atomic E-state index is 0.0517. The molecule has 158 valence electrons. The Hall–Kier alpha value is -2.13. The number of carbonyl (C=O) groups is 1. The van der Waals surface area contributed by atoms with Crippen molar-refractivity contribution in [2.45, 2.75) is 0 Å². The van der Waals surface area contributed by atoms with Gasteiger partial charge in [-0.3, -0.25) is 9.69 Å². The molecule has 9 heteroatoms. The molecule has 4 rings (SSSR count). The molecular formula is C21H23ClN4O2S2. The molecule has 30 heavy (non-hydrogen) atoms. The van der Waals surface area contributed by atoms with Crippen molar-refractivity contribution in [3.8, 4) is 5.75 Å². The number of hydrogen-bond acceptors (Lipinski definition) is 7. The smallest absolute Gasteiger partial charge is 0.244 e. The predicted octanol–water partition coefficient (Wildman–Crippen LogP) is 3.97. The first-order chi connectivity index (χ1) is 14.6. The highest BCUT2D eigenvalue weighted by atomic mass is 35.5. The van der Waals surface area contributed by atoms with E-state index >= 15 is 0 Å². The molecule has 0 unspecified atom stereocenters. The fraction of sp³-hybridized carbons (Fsp3) is 0.333. The van der Waals surface area contributed by atoms with Crippen LogP contribution < -0.4 is 15.0 Å². The molecule has 0 radical (unpaired) electrons. The molecule has 1 saturated heterocycles.